The highest BCUT2D eigenvalue weighted by atomic mass is 16.5. The van der Waals surface area contributed by atoms with Crippen LogP contribution >= 0.6 is 0 Å². The van der Waals surface area contributed by atoms with E-state index in [1.165, 1.54) is 18.4 Å². The van der Waals surface area contributed by atoms with Crippen LogP contribution in [0.5, 0.6) is 0 Å². The summed E-state index contributed by atoms with van der Waals surface area (Å²) < 4.78 is 4.45. The van der Waals surface area contributed by atoms with Gasteiger partial charge in [0.05, 0.1) is 7.11 Å². The molecule has 1 aliphatic carbocycles. The lowest BCUT2D eigenvalue weighted by atomic mass is 9.85. The van der Waals surface area contributed by atoms with Crippen LogP contribution in [0.15, 0.2) is 0 Å². The van der Waals surface area contributed by atoms with Gasteiger partial charge in [-0.05, 0) is 25.2 Å². The monoisotopic (exact) mass is 286 g/mol. The van der Waals surface area contributed by atoms with Crippen LogP contribution in [-0.2, 0) is 14.3 Å². The van der Waals surface area contributed by atoms with E-state index in [4.69, 9.17) is 5.11 Å². The van der Waals surface area contributed by atoms with Crippen molar-refractivity contribution in [1.82, 2.24) is 10.2 Å². The molecule has 1 aliphatic rings. The second-order valence-corrected chi connectivity index (χ2v) is 5.13. The van der Waals surface area contributed by atoms with Gasteiger partial charge in [0.2, 0.25) is 0 Å². The summed E-state index contributed by atoms with van der Waals surface area (Å²) in [5, 5.41) is 11.5. The standard InChI is InChI=1S/C13H22N2O5/c1-15(8-9-4-3-5-9)13(19)14-10(12(17)18)6-7-11(16)20-2/h9-10H,3-8H2,1-2H3,(H,14,19)(H,17,18)/t10-/m1/s1. The normalized spacial score (nSPS) is 15.9. The number of methoxy groups -OCH3 is 1. The first-order valence-corrected chi connectivity index (χ1v) is 6.75. The number of hydrogen-bond donors (Lipinski definition) is 2. The molecule has 7 heteroatoms. The summed E-state index contributed by atoms with van der Waals surface area (Å²) in [5.41, 5.74) is 0. The second-order valence-electron chi connectivity index (χ2n) is 5.13. The maximum atomic E-state index is 11.9. The topological polar surface area (TPSA) is 95.9 Å². The highest BCUT2D eigenvalue weighted by Gasteiger charge is 2.25. The average molecular weight is 286 g/mol. The third-order valence-corrected chi connectivity index (χ3v) is 3.56. The third-order valence-electron chi connectivity index (χ3n) is 3.56. The maximum Gasteiger partial charge on any atom is 0.326 e. The molecule has 2 N–H and O–H groups in total. The van der Waals surface area contributed by atoms with Gasteiger partial charge in [0.25, 0.3) is 0 Å². The van der Waals surface area contributed by atoms with E-state index in [2.05, 4.69) is 10.1 Å². The molecule has 1 rings (SSSR count). The predicted molar refractivity (Wildman–Crippen MR) is 71.2 cm³/mol. The quantitative estimate of drug-likeness (QED) is 0.676. The Balaban J connectivity index is 2.40. The number of carboxylic acid groups (broad SMARTS) is 1. The summed E-state index contributed by atoms with van der Waals surface area (Å²) in [4.78, 5) is 35.5. The van der Waals surface area contributed by atoms with Crippen molar-refractivity contribution in [2.75, 3.05) is 20.7 Å². The Morgan fingerprint density at radius 2 is 2.05 bits per heavy atom. The zero-order valence-electron chi connectivity index (χ0n) is 11.9. The van der Waals surface area contributed by atoms with Crippen molar-refractivity contribution in [3.63, 3.8) is 0 Å². The zero-order valence-corrected chi connectivity index (χ0v) is 11.9. The summed E-state index contributed by atoms with van der Waals surface area (Å²) in [7, 11) is 2.88. The molecule has 114 valence electrons. The number of carboxylic acids is 1. The molecule has 1 saturated carbocycles. The first-order chi connectivity index (χ1) is 9.43. The van der Waals surface area contributed by atoms with Gasteiger partial charge < -0.3 is 20.1 Å². The summed E-state index contributed by atoms with van der Waals surface area (Å²) in [5.74, 6) is -1.13. The fourth-order valence-electron chi connectivity index (χ4n) is 2.03. The van der Waals surface area contributed by atoms with Gasteiger partial charge >= 0.3 is 18.0 Å². The molecule has 0 aromatic heterocycles. The Morgan fingerprint density at radius 3 is 2.50 bits per heavy atom. The Kier molecular flexibility index (Phi) is 6.27. The Labute approximate surface area is 118 Å². The number of urea groups is 1. The lowest BCUT2D eigenvalue weighted by Gasteiger charge is -2.30. The van der Waals surface area contributed by atoms with Crippen molar-refractivity contribution in [1.29, 1.82) is 0 Å². The summed E-state index contributed by atoms with van der Waals surface area (Å²) in [6, 6.07) is -1.50. The molecule has 0 aromatic rings. The number of carbonyl (C=O) groups excluding carboxylic acids is 2. The molecule has 0 bridgehead atoms. The summed E-state index contributed by atoms with van der Waals surface area (Å²) in [6.07, 6.45) is 3.40. The largest absolute Gasteiger partial charge is 0.480 e. The summed E-state index contributed by atoms with van der Waals surface area (Å²) >= 11 is 0. The Hall–Kier alpha value is -1.79. The molecule has 1 atom stereocenters. The van der Waals surface area contributed by atoms with E-state index in [1.54, 1.807) is 7.05 Å². The van der Waals surface area contributed by atoms with Crippen molar-refractivity contribution in [3.8, 4) is 0 Å². The molecule has 0 saturated heterocycles. The summed E-state index contributed by atoms with van der Waals surface area (Å²) in [6.45, 7) is 0.634. The van der Waals surface area contributed by atoms with E-state index >= 15 is 0 Å². The molecular weight excluding hydrogens is 264 g/mol. The van der Waals surface area contributed by atoms with Crippen LogP contribution in [0.4, 0.5) is 4.79 Å². The van der Waals surface area contributed by atoms with Gasteiger partial charge in [0.1, 0.15) is 6.04 Å². The minimum atomic E-state index is -1.15. The lowest BCUT2D eigenvalue weighted by Crippen LogP contribution is -2.48. The maximum absolute atomic E-state index is 11.9. The first-order valence-electron chi connectivity index (χ1n) is 6.75. The molecule has 0 radical (unpaired) electrons. The minimum absolute atomic E-state index is 0.0189. The number of carbonyl (C=O) groups is 3. The van der Waals surface area contributed by atoms with Crippen LogP contribution in [0, 0.1) is 5.92 Å². The van der Waals surface area contributed by atoms with Crippen LogP contribution in [0.3, 0.4) is 0 Å². The fourth-order valence-corrected chi connectivity index (χ4v) is 2.03. The van der Waals surface area contributed by atoms with E-state index in [0.717, 1.165) is 12.8 Å². The number of nitrogens with zero attached hydrogens (tertiary/aromatic N) is 1. The SMILES string of the molecule is COC(=O)CC[C@@H](NC(=O)N(C)CC1CCC1)C(=O)O. The average Bonchev–Trinajstić information content (AvgIpc) is 2.37. The molecule has 0 aliphatic heterocycles. The van der Waals surface area contributed by atoms with Crippen LogP contribution in [0.2, 0.25) is 0 Å². The van der Waals surface area contributed by atoms with Crippen molar-refractivity contribution < 1.29 is 24.2 Å². The van der Waals surface area contributed by atoms with Gasteiger partial charge in [-0.3, -0.25) is 4.79 Å². The number of amides is 2. The molecule has 0 spiro atoms. The van der Waals surface area contributed by atoms with E-state index < -0.39 is 24.0 Å². The van der Waals surface area contributed by atoms with E-state index in [0.29, 0.717) is 12.5 Å². The Morgan fingerprint density at radius 1 is 1.40 bits per heavy atom. The third kappa shape index (κ3) is 5.07. The first kappa shape index (κ1) is 16.3. The van der Waals surface area contributed by atoms with Crippen LogP contribution in [0.25, 0.3) is 0 Å². The fraction of sp³-hybridized carbons (Fsp3) is 0.769. The number of ether oxygens (including phenoxy) is 1. The second kappa shape index (κ2) is 7.72. The van der Waals surface area contributed by atoms with Gasteiger partial charge in [-0.25, -0.2) is 9.59 Å². The number of hydrogen-bond acceptors (Lipinski definition) is 4. The lowest BCUT2D eigenvalue weighted by molar-refractivity contribution is -0.142. The predicted octanol–water partition coefficient (Wildman–Crippen LogP) is 0.834. The zero-order chi connectivity index (χ0) is 15.1. The molecule has 1 fully saturated rings. The van der Waals surface area contributed by atoms with Crippen LogP contribution in [0.1, 0.15) is 32.1 Å². The molecular formula is C13H22N2O5. The molecule has 7 nitrogen and oxygen atoms in total. The number of esters is 1. The van der Waals surface area contributed by atoms with E-state index in [1.807, 2.05) is 0 Å². The van der Waals surface area contributed by atoms with Gasteiger partial charge in [-0.2, -0.15) is 0 Å². The van der Waals surface area contributed by atoms with Gasteiger partial charge in [0.15, 0.2) is 0 Å². The van der Waals surface area contributed by atoms with Crippen molar-refractivity contribution in [3.05, 3.63) is 0 Å². The van der Waals surface area contributed by atoms with Crippen LogP contribution in [-0.4, -0.2) is 54.7 Å². The van der Waals surface area contributed by atoms with Gasteiger partial charge in [0, 0.05) is 20.0 Å². The molecule has 2 amide bonds. The molecule has 0 heterocycles. The van der Waals surface area contributed by atoms with Crippen molar-refractivity contribution in [2.24, 2.45) is 5.92 Å². The minimum Gasteiger partial charge on any atom is -0.480 e. The highest BCUT2D eigenvalue weighted by Crippen LogP contribution is 2.26. The molecule has 0 aromatic carbocycles. The number of rotatable bonds is 7. The van der Waals surface area contributed by atoms with Crippen LogP contribution < -0.4 is 5.32 Å². The van der Waals surface area contributed by atoms with Gasteiger partial charge in [-0.15, -0.1) is 0 Å². The smallest absolute Gasteiger partial charge is 0.326 e. The van der Waals surface area contributed by atoms with Crippen molar-refractivity contribution >= 4 is 18.0 Å². The number of nitrogens with one attached hydrogen (secondary N) is 1. The molecule has 0 unspecified atom stereocenters. The van der Waals surface area contributed by atoms with Gasteiger partial charge in [-0.1, -0.05) is 6.42 Å². The van der Waals surface area contributed by atoms with Crippen molar-refractivity contribution in [2.45, 2.75) is 38.1 Å². The van der Waals surface area contributed by atoms with E-state index in [-0.39, 0.29) is 12.8 Å². The number of aliphatic carboxylic acids is 1. The highest BCUT2D eigenvalue weighted by molar-refractivity contribution is 5.83. The Bertz CT molecular complexity index is 368. The molecule has 20 heavy (non-hydrogen) atoms. The van der Waals surface area contributed by atoms with E-state index in [9.17, 15) is 14.4 Å².